The summed E-state index contributed by atoms with van der Waals surface area (Å²) in [6, 6.07) is 8.22. The van der Waals surface area contributed by atoms with E-state index in [1.54, 1.807) is 0 Å². The van der Waals surface area contributed by atoms with Gasteiger partial charge in [-0.05, 0) is 36.8 Å². The number of benzene rings is 1. The minimum Gasteiger partial charge on any atom is -0.481 e. The van der Waals surface area contributed by atoms with Crippen LogP contribution in [0, 0.1) is 0 Å². The summed E-state index contributed by atoms with van der Waals surface area (Å²) in [5.41, 5.74) is 2.24. The van der Waals surface area contributed by atoms with Crippen molar-refractivity contribution < 1.29 is 14.6 Å². The molecular weight excluding hydrogens is 300 g/mol. The molecule has 1 aliphatic rings. The third kappa shape index (κ3) is 7.04. The molecule has 0 radical (unpaired) electrons. The second-order valence-corrected chi connectivity index (χ2v) is 7.04. The molecule has 0 saturated carbocycles. The van der Waals surface area contributed by atoms with Crippen LogP contribution in [0.15, 0.2) is 24.3 Å². The molecule has 0 amide bonds. The third-order valence-electron chi connectivity index (χ3n) is 4.93. The molecule has 24 heavy (non-hydrogen) atoms. The van der Waals surface area contributed by atoms with Crippen LogP contribution in [-0.2, 0) is 16.0 Å². The van der Waals surface area contributed by atoms with Crippen molar-refractivity contribution in [3.8, 4) is 0 Å². The smallest absolute Gasteiger partial charge is 0.310 e. The van der Waals surface area contributed by atoms with Gasteiger partial charge in [0.1, 0.15) is 0 Å². The maximum atomic E-state index is 11.5. The first-order valence-corrected chi connectivity index (χ1v) is 9.64. The van der Waals surface area contributed by atoms with Gasteiger partial charge >= 0.3 is 5.97 Å². The molecule has 134 valence electrons. The molecular formula is C21H32O3. The van der Waals surface area contributed by atoms with E-state index in [0.717, 1.165) is 25.0 Å². The van der Waals surface area contributed by atoms with Crippen LogP contribution in [0.25, 0.3) is 0 Å². The molecule has 1 N–H and O–H groups in total. The third-order valence-corrected chi connectivity index (χ3v) is 4.93. The SMILES string of the molecule is CCCCCCCCCc1ccc(C(CCC2CO2)C(=O)O)cc1. The van der Waals surface area contributed by atoms with Gasteiger partial charge < -0.3 is 9.84 Å². The Hall–Kier alpha value is -1.35. The predicted octanol–water partition coefficient (Wildman–Crippen LogP) is 5.33. The second kappa shape index (κ2) is 10.5. The van der Waals surface area contributed by atoms with E-state index in [4.69, 9.17) is 4.74 Å². The van der Waals surface area contributed by atoms with Gasteiger partial charge in [0.25, 0.3) is 0 Å². The lowest BCUT2D eigenvalue weighted by molar-refractivity contribution is -0.139. The summed E-state index contributed by atoms with van der Waals surface area (Å²) in [6.07, 6.45) is 12.2. The van der Waals surface area contributed by atoms with E-state index in [9.17, 15) is 9.90 Å². The Morgan fingerprint density at radius 3 is 2.33 bits per heavy atom. The lowest BCUT2D eigenvalue weighted by Gasteiger charge is -2.13. The van der Waals surface area contributed by atoms with Gasteiger partial charge in [0.2, 0.25) is 0 Å². The molecule has 2 rings (SSSR count). The van der Waals surface area contributed by atoms with Gasteiger partial charge in [-0.15, -0.1) is 0 Å². The summed E-state index contributed by atoms with van der Waals surface area (Å²) in [6.45, 7) is 3.04. The van der Waals surface area contributed by atoms with Gasteiger partial charge in [0.05, 0.1) is 18.6 Å². The molecule has 2 unspecified atom stereocenters. The molecule has 2 atom stereocenters. The summed E-state index contributed by atoms with van der Waals surface area (Å²) in [7, 11) is 0. The fourth-order valence-corrected chi connectivity index (χ4v) is 3.22. The van der Waals surface area contributed by atoms with Crippen LogP contribution in [0.1, 0.15) is 81.8 Å². The summed E-state index contributed by atoms with van der Waals surface area (Å²) < 4.78 is 5.19. The van der Waals surface area contributed by atoms with E-state index in [2.05, 4.69) is 19.1 Å². The number of unbranched alkanes of at least 4 members (excludes halogenated alkanes) is 6. The lowest BCUT2D eigenvalue weighted by Crippen LogP contribution is -2.12. The fourth-order valence-electron chi connectivity index (χ4n) is 3.22. The number of ether oxygens (including phenoxy) is 1. The summed E-state index contributed by atoms with van der Waals surface area (Å²) in [4.78, 5) is 11.5. The average Bonchev–Trinajstić information content (AvgIpc) is 3.39. The largest absolute Gasteiger partial charge is 0.481 e. The molecule has 1 aliphatic heterocycles. The minimum atomic E-state index is -0.726. The van der Waals surface area contributed by atoms with Crippen LogP contribution in [0.5, 0.6) is 0 Å². The number of epoxide rings is 1. The second-order valence-electron chi connectivity index (χ2n) is 7.04. The summed E-state index contributed by atoms with van der Waals surface area (Å²) in [5.74, 6) is -1.13. The number of rotatable bonds is 13. The first kappa shape index (κ1) is 19.0. The molecule has 1 aromatic rings. The zero-order valence-electron chi connectivity index (χ0n) is 15.0. The van der Waals surface area contributed by atoms with Crippen LogP contribution >= 0.6 is 0 Å². The van der Waals surface area contributed by atoms with Gasteiger partial charge in [-0.2, -0.15) is 0 Å². The molecule has 1 saturated heterocycles. The number of carboxylic acids is 1. The first-order valence-electron chi connectivity index (χ1n) is 9.64. The number of hydrogen-bond donors (Lipinski definition) is 1. The topological polar surface area (TPSA) is 49.8 Å². The van der Waals surface area contributed by atoms with Gasteiger partial charge in [-0.1, -0.05) is 69.7 Å². The Morgan fingerprint density at radius 2 is 1.75 bits per heavy atom. The van der Waals surface area contributed by atoms with Crippen LogP contribution < -0.4 is 0 Å². The number of hydrogen-bond acceptors (Lipinski definition) is 2. The van der Waals surface area contributed by atoms with E-state index in [0.29, 0.717) is 12.5 Å². The molecule has 0 spiro atoms. The highest BCUT2D eigenvalue weighted by atomic mass is 16.6. The van der Waals surface area contributed by atoms with Crippen molar-refractivity contribution in [2.75, 3.05) is 6.61 Å². The summed E-state index contributed by atoms with van der Waals surface area (Å²) >= 11 is 0. The lowest BCUT2D eigenvalue weighted by atomic mass is 9.92. The molecule has 0 aromatic heterocycles. The van der Waals surface area contributed by atoms with E-state index in [1.807, 2.05) is 12.1 Å². The number of carbonyl (C=O) groups is 1. The normalized spacial score (nSPS) is 17.6. The van der Waals surface area contributed by atoms with Crippen molar-refractivity contribution in [1.29, 1.82) is 0 Å². The first-order chi connectivity index (χ1) is 11.7. The predicted molar refractivity (Wildman–Crippen MR) is 97.5 cm³/mol. The number of carboxylic acid groups (broad SMARTS) is 1. The van der Waals surface area contributed by atoms with E-state index in [1.165, 1.54) is 50.5 Å². The van der Waals surface area contributed by atoms with Gasteiger partial charge in [0, 0.05) is 0 Å². The zero-order chi connectivity index (χ0) is 17.2. The van der Waals surface area contributed by atoms with E-state index < -0.39 is 11.9 Å². The van der Waals surface area contributed by atoms with Crippen LogP contribution in [0.3, 0.4) is 0 Å². The number of aliphatic carboxylic acids is 1. The summed E-state index contributed by atoms with van der Waals surface area (Å²) in [5, 5.41) is 9.45. The highest BCUT2D eigenvalue weighted by Crippen LogP contribution is 2.27. The standard InChI is InChI=1S/C21H32O3/c1-2-3-4-5-6-7-8-9-17-10-12-18(13-11-17)20(21(22)23)15-14-19-16-24-19/h10-13,19-20H,2-9,14-16H2,1H3,(H,22,23). The quantitative estimate of drug-likeness (QED) is 0.392. The van der Waals surface area contributed by atoms with E-state index in [-0.39, 0.29) is 0 Å². The maximum absolute atomic E-state index is 11.5. The van der Waals surface area contributed by atoms with Crippen molar-refractivity contribution in [3.63, 3.8) is 0 Å². The van der Waals surface area contributed by atoms with E-state index >= 15 is 0 Å². The highest BCUT2D eigenvalue weighted by molar-refractivity contribution is 5.76. The maximum Gasteiger partial charge on any atom is 0.310 e. The van der Waals surface area contributed by atoms with Crippen molar-refractivity contribution in [2.45, 2.75) is 83.2 Å². The minimum absolute atomic E-state index is 0.295. The monoisotopic (exact) mass is 332 g/mol. The Balaban J connectivity index is 1.71. The van der Waals surface area contributed by atoms with Crippen molar-refractivity contribution in [3.05, 3.63) is 35.4 Å². The Bertz CT molecular complexity index is 476. The Kier molecular flexibility index (Phi) is 8.31. The molecule has 1 heterocycles. The van der Waals surface area contributed by atoms with Crippen LogP contribution in [0.4, 0.5) is 0 Å². The van der Waals surface area contributed by atoms with Crippen molar-refractivity contribution in [1.82, 2.24) is 0 Å². The molecule has 0 aliphatic carbocycles. The molecule has 3 nitrogen and oxygen atoms in total. The Morgan fingerprint density at radius 1 is 1.12 bits per heavy atom. The van der Waals surface area contributed by atoms with Gasteiger partial charge in [-0.25, -0.2) is 0 Å². The molecule has 0 bridgehead atoms. The Labute approximate surface area is 146 Å². The fraction of sp³-hybridized carbons (Fsp3) is 0.667. The van der Waals surface area contributed by atoms with Crippen molar-refractivity contribution >= 4 is 5.97 Å². The molecule has 1 fully saturated rings. The van der Waals surface area contributed by atoms with Crippen LogP contribution in [-0.4, -0.2) is 23.8 Å². The average molecular weight is 332 g/mol. The van der Waals surface area contributed by atoms with Gasteiger partial charge in [-0.3, -0.25) is 4.79 Å². The number of aryl methyl sites for hydroxylation is 1. The van der Waals surface area contributed by atoms with Crippen molar-refractivity contribution in [2.24, 2.45) is 0 Å². The van der Waals surface area contributed by atoms with Gasteiger partial charge in [0.15, 0.2) is 0 Å². The highest BCUT2D eigenvalue weighted by Gasteiger charge is 2.27. The van der Waals surface area contributed by atoms with Crippen LogP contribution in [0.2, 0.25) is 0 Å². The zero-order valence-corrected chi connectivity index (χ0v) is 15.0. The molecule has 3 heteroatoms. The molecule has 1 aromatic carbocycles.